The molecule has 3 aromatic rings. The van der Waals surface area contributed by atoms with Crippen molar-refractivity contribution in [1.29, 1.82) is 0 Å². The first kappa shape index (κ1) is 24.6. The Morgan fingerprint density at radius 1 is 1.14 bits per heavy atom. The summed E-state index contributed by atoms with van der Waals surface area (Å²) >= 11 is 0. The van der Waals surface area contributed by atoms with Crippen molar-refractivity contribution in [3.8, 4) is 5.75 Å². The maximum absolute atomic E-state index is 13.2. The van der Waals surface area contributed by atoms with E-state index in [0.717, 1.165) is 42.2 Å². The van der Waals surface area contributed by atoms with Crippen molar-refractivity contribution in [3.05, 3.63) is 75.1 Å². The molecule has 0 bridgehead atoms. The fourth-order valence-corrected chi connectivity index (χ4v) is 5.97. The van der Waals surface area contributed by atoms with Crippen LogP contribution < -0.4 is 10.4 Å². The zero-order valence-electron chi connectivity index (χ0n) is 21.4. The fraction of sp³-hybridized carbons (Fsp3) is 0.467. The molecule has 5 rings (SSSR count). The van der Waals surface area contributed by atoms with E-state index < -0.39 is 11.7 Å². The second-order valence-electron chi connectivity index (χ2n) is 10.6. The van der Waals surface area contributed by atoms with Crippen molar-refractivity contribution in [2.45, 2.75) is 71.0 Å². The van der Waals surface area contributed by atoms with Gasteiger partial charge in [0.2, 0.25) is 0 Å². The molecule has 6 nitrogen and oxygen atoms in total. The van der Waals surface area contributed by atoms with Crippen LogP contribution in [0, 0.1) is 19.8 Å². The predicted octanol–water partition coefficient (Wildman–Crippen LogP) is 4.92. The van der Waals surface area contributed by atoms with Crippen LogP contribution >= 0.6 is 0 Å². The standard InChI is InChI=1S/C30H35NO5/c1-19-24-12-13-26(20(2)27(24)36-29(33)25(19)17-22-9-5-4-6-10-22)35-21(3)28(32)31-16-15-30(34)14-8-7-11-23(30)18-31/h4-6,9-10,12-13,21,23,34H,7-8,11,14-18H2,1-3H3/t21-,23+,30-/m1/s1. The average molecular weight is 490 g/mol. The molecule has 0 unspecified atom stereocenters. The van der Waals surface area contributed by atoms with Crippen molar-refractivity contribution < 1.29 is 19.1 Å². The predicted molar refractivity (Wildman–Crippen MR) is 139 cm³/mol. The molecule has 0 spiro atoms. The molecule has 1 aliphatic carbocycles. The number of benzene rings is 2. The van der Waals surface area contributed by atoms with E-state index in [9.17, 15) is 14.7 Å². The van der Waals surface area contributed by atoms with Gasteiger partial charge in [0.15, 0.2) is 6.10 Å². The maximum atomic E-state index is 13.2. The third kappa shape index (κ3) is 4.55. The van der Waals surface area contributed by atoms with Gasteiger partial charge in [0.05, 0.1) is 5.60 Å². The first-order valence-electron chi connectivity index (χ1n) is 13.0. The summed E-state index contributed by atoms with van der Waals surface area (Å²) in [5.74, 6) is 0.603. The molecule has 3 atom stereocenters. The normalized spacial score (nSPS) is 22.8. The first-order valence-corrected chi connectivity index (χ1v) is 13.0. The summed E-state index contributed by atoms with van der Waals surface area (Å²) in [6, 6.07) is 13.6. The molecule has 2 heterocycles. The Morgan fingerprint density at radius 2 is 1.92 bits per heavy atom. The van der Waals surface area contributed by atoms with E-state index in [2.05, 4.69) is 0 Å². The lowest BCUT2D eigenvalue weighted by Gasteiger charge is -2.47. The van der Waals surface area contributed by atoms with Crippen molar-refractivity contribution in [2.75, 3.05) is 13.1 Å². The van der Waals surface area contributed by atoms with Crippen molar-refractivity contribution in [3.63, 3.8) is 0 Å². The van der Waals surface area contributed by atoms with Crippen LogP contribution in [-0.4, -0.2) is 40.7 Å². The fourth-order valence-electron chi connectivity index (χ4n) is 5.97. The summed E-state index contributed by atoms with van der Waals surface area (Å²) < 4.78 is 11.9. The molecule has 1 amide bonds. The summed E-state index contributed by atoms with van der Waals surface area (Å²) in [5.41, 5.74) is 2.84. The van der Waals surface area contributed by atoms with Crippen LogP contribution in [0.5, 0.6) is 5.75 Å². The van der Waals surface area contributed by atoms with E-state index in [1.54, 1.807) is 6.92 Å². The summed E-state index contributed by atoms with van der Waals surface area (Å²) in [5, 5.41) is 11.8. The molecule has 1 aliphatic heterocycles. The summed E-state index contributed by atoms with van der Waals surface area (Å²) in [6.45, 7) is 6.70. The number of piperidine rings is 1. The maximum Gasteiger partial charge on any atom is 0.340 e. The molecular weight excluding hydrogens is 454 g/mol. The van der Waals surface area contributed by atoms with E-state index in [-0.39, 0.29) is 17.5 Å². The number of ether oxygens (including phenoxy) is 1. The Bertz CT molecular complexity index is 1330. The largest absolute Gasteiger partial charge is 0.480 e. The molecule has 1 aromatic heterocycles. The molecule has 1 saturated heterocycles. The van der Waals surface area contributed by atoms with Gasteiger partial charge in [0.25, 0.3) is 5.91 Å². The Hall–Kier alpha value is -3.12. The van der Waals surface area contributed by atoms with Crippen molar-refractivity contribution in [2.24, 2.45) is 5.92 Å². The smallest absolute Gasteiger partial charge is 0.340 e. The van der Waals surface area contributed by atoms with Gasteiger partial charge in [-0.2, -0.15) is 0 Å². The molecule has 6 heteroatoms. The number of rotatable bonds is 5. The molecule has 2 fully saturated rings. The van der Waals surface area contributed by atoms with Gasteiger partial charge in [-0.25, -0.2) is 4.79 Å². The Morgan fingerprint density at radius 3 is 2.69 bits per heavy atom. The quantitative estimate of drug-likeness (QED) is 0.515. The third-order valence-corrected chi connectivity index (χ3v) is 8.27. The number of hydrogen-bond donors (Lipinski definition) is 1. The van der Waals surface area contributed by atoms with E-state index >= 15 is 0 Å². The highest BCUT2D eigenvalue weighted by Gasteiger charge is 2.44. The van der Waals surface area contributed by atoms with Crippen molar-refractivity contribution >= 4 is 16.9 Å². The minimum Gasteiger partial charge on any atom is -0.480 e. The molecule has 0 radical (unpaired) electrons. The lowest BCUT2D eigenvalue weighted by molar-refractivity contribution is -0.149. The summed E-state index contributed by atoms with van der Waals surface area (Å²) in [4.78, 5) is 28.0. The molecule has 2 aliphatic rings. The molecule has 36 heavy (non-hydrogen) atoms. The molecule has 2 aromatic carbocycles. The van der Waals surface area contributed by atoms with E-state index in [4.69, 9.17) is 9.15 Å². The molecule has 1 N–H and O–H groups in total. The summed E-state index contributed by atoms with van der Waals surface area (Å²) in [6.07, 6.45) is 4.42. The van der Waals surface area contributed by atoms with Gasteiger partial charge in [-0.15, -0.1) is 0 Å². The lowest BCUT2D eigenvalue weighted by atomic mass is 9.71. The molecule has 190 valence electrons. The highest BCUT2D eigenvalue weighted by atomic mass is 16.5. The first-order chi connectivity index (χ1) is 17.3. The van der Waals surface area contributed by atoms with Crippen LogP contribution in [-0.2, 0) is 11.2 Å². The lowest BCUT2D eigenvalue weighted by Crippen LogP contribution is -2.56. The number of aryl methyl sites for hydroxylation is 2. The van der Waals surface area contributed by atoms with Crippen molar-refractivity contribution in [1.82, 2.24) is 4.90 Å². The molecule has 1 saturated carbocycles. The van der Waals surface area contributed by atoms with E-state index in [1.165, 1.54) is 0 Å². The van der Waals surface area contributed by atoms with Gasteiger partial charge >= 0.3 is 5.63 Å². The zero-order chi connectivity index (χ0) is 25.4. The number of carbonyl (C=O) groups is 1. The van der Waals surface area contributed by atoms with Crippen LogP contribution in [0.25, 0.3) is 11.0 Å². The van der Waals surface area contributed by atoms with Crippen LogP contribution in [0.3, 0.4) is 0 Å². The molecular formula is C30H35NO5. The van der Waals surface area contributed by atoms with Crippen LogP contribution in [0.2, 0.25) is 0 Å². The number of aliphatic hydroxyl groups is 1. The Kier molecular flexibility index (Phi) is 6.64. The van der Waals surface area contributed by atoms with E-state index in [1.807, 2.05) is 61.2 Å². The average Bonchev–Trinajstić information content (AvgIpc) is 2.88. The van der Waals surface area contributed by atoms with Gasteiger partial charge in [-0.3, -0.25) is 4.79 Å². The number of likely N-dealkylation sites (tertiary alicyclic amines) is 1. The number of carbonyl (C=O) groups excluding carboxylic acids is 1. The van der Waals surface area contributed by atoms with Gasteiger partial charge in [-0.1, -0.05) is 43.2 Å². The second kappa shape index (κ2) is 9.74. The number of amides is 1. The van der Waals surface area contributed by atoms with Gasteiger partial charge in [0.1, 0.15) is 11.3 Å². The van der Waals surface area contributed by atoms with E-state index in [0.29, 0.717) is 48.4 Å². The number of fused-ring (bicyclic) bond motifs is 2. The highest BCUT2D eigenvalue weighted by molar-refractivity contribution is 5.86. The number of nitrogens with zero attached hydrogens (tertiary/aromatic N) is 1. The SMILES string of the molecule is Cc1c(Cc2ccccc2)c(=O)oc2c(C)c(O[C@H](C)C(=O)N3CC[C@]4(O)CCCC[C@H]4C3)ccc12. The minimum absolute atomic E-state index is 0.0713. The van der Waals surface area contributed by atoms with Gasteiger partial charge < -0.3 is 19.2 Å². The van der Waals surface area contributed by atoms with Crippen LogP contribution in [0.1, 0.15) is 61.3 Å². The highest BCUT2D eigenvalue weighted by Crippen LogP contribution is 2.40. The van der Waals surface area contributed by atoms with Crippen LogP contribution in [0.4, 0.5) is 0 Å². The zero-order valence-corrected chi connectivity index (χ0v) is 21.4. The summed E-state index contributed by atoms with van der Waals surface area (Å²) in [7, 11) is 0. The van der Waals surface area contributed by atoms with Gasteiger partial charge in [0, 0.05) is 41.9 Å². The monoisotopic (exact) mass is 489 g/mol. The topological polar surface area (TPSA) is 80.0 Å². The van der Waals surface area contributed by atoms with Crippen LogP contribution in [0.15, 0.2) is 51.7 Å². The minimum atomic E-state index is -0.680. The van der Waals surface area contributed by atoms with Gasteiger partial charge in [-0.05, 0) is 63.3 Å². The third-order valence-electron chi connectivity index (χ3n) is 8.27. The Labute approximate surface area is 211 Å². The number of hydrogen-bond acceptors (Lipinski definition) is 5. The Balaban J connectivity index is 1.35. The second-order valence-corrected chi connectivity index (χ2v) is 10.6.